The van der Waals surface area contributed by atoms with E-state index in [2.05, 4.69) is 26.2 Å². The molecule has 1 unspecified atom stereocenters. The topological polar surface area (TPSA) is 45.2 Å². The first-order chi connectivity index (χ1) is 8.56. The number of nitrogens with one attached hydrogen (secondary N) is 1. The van der Waals surface area contributed by atoms with Gasteiger partial charge in [0, 0.05) is 6.04 Å². The molecule has 1 aromatic carbocycles. The Balaban J connectivity index is 2.16. The molecular formula is C13H12BrClN2O. The van der Waals surface area contributed by atoms with Crippen molar-refractivity contribution in [1.29, 1.82) is 0 Å². The van der Waals surface area contributed by atoms with Crippen LogP contribution in [-0.2, 0) is 0 Å². The molecule has 0 saturated heterocycles. The summed E-state index contributed by atoms with van der Waals surface area (Å²) in [4.78, 5) is 4.05. The standard InChI is InChI=1S/C13H12BrClN2O/c1-8(9-3-2-4-11(18)5-9)17-10-6-12(14)13(15)16-7-10/h2-8,17-18H,1H3. The first kappa shape index (κ1) is 13.2. The van der Waals surface area contributed by atoms with E-state index in [4.69, 9.17) is 11.6 Å². The summed E-state index contributed by atoms with van der Waals surface area (Å²) in [5, 5.41) is 13.2. The Bertz CT molecular complexity index is 562. The second-order valence-corrected chi connectivity index (χ2v) is 5.17. The number of pyridine rings is 1. The van der Waals surface area contributed by atoms with Gasteiger partial charge in [-0.15, -0.1) is 0 Å². The fraction of sp³-hybridized carbons (Fsp3) is 0.154. The number of phenols is 1. The summed E-state index contributed by atoms with van der Waals surface area (Å²) in [6, 6.07) is 9.09. The van der Waals surface area contributed by atoms with E-state index in [0.717, 1.165) is 15.7 Å². The quantitative estimate of drug-likeness (QED) is 0.823. The van der Waals surface area contributed by atoms with Crippen LogP contribution in [0.15, 0.2) is 41.0 Å². The van der Waals surface area contributed by atoms with Crippen LogP contribution in [0.25, 0.3) is 0 Å². The van der Waals surface area contributed by atoms with Crippen LogP contribution in [0, 0.1) is 0 Å². The third kappa shape index (κ3) is 3.15. The van der Waals surface area contributed by atoms with Crippen LogP contribution >= 0.6 is 27.5 Å². The molecule has 94 valence electrons. The van der Waals surface area contributed by atoms with Crippen LogP contribution in [0.2, 0.25) is 5.15 Å². The highest BCUT2D eigenvalue weighted by Gasteiger charge is 2.07. The molecule has 18 heavy (non-hydrogen) atoms. The van der Waals surface area contributed by atoms with E-state index in [1.54, 1.807) is 18.3 Å². The summed E-state index contributed by atoms with van der Waals surface area (Å²) >= 11 is 9.17. The van der Waals surface area contributed by atoms with Gasteiger partial charge in [0.15, 0.2) is 0 Å². The van der Waals surface area contributed by atoms with Gasteiger partial charge >= 0.3 is 0 Å². The van der Waals surface area contributed by atoms with Crippen LogP contribution in [-0.4, -0.2) is 10.1 Å². The van der Waals surface area contributed by atoms with Gasteiger partial charge in [0.2, 0.25) is 0 Å². The number of aromatic nitrogens is 1. The van der Waals surface area contributed by atoms with Crippen molar-refractivity contribution in [2.24, 2.45) is 0 Å². The largest absolute Gasteiger partial charge is 0.508 e. The van der Waals surface area contributed by atoms with E-state index < -0.39 is 0 Å². The highest BCUT2D eigenvalue weighted by molar-refractivity contribution is 9.10. The monoisotopic (exact) mass is 326 g/mol. The minimum Gasteiger partial charge on any atom is -0.508 e. The van der Waals surface area contributed by atoms with Gasteiger partial charge in [0.25, 0.3) is 0 Å². The van der Waals surface area contributed by atoms with Gasteiger partial charge in [-0.25, -0.2) is 4.98 Å². The van der Waals surface area contributed by atoms with E-state index >= 15 is 0 Å². The molecule has 0 aliphatic heterocycles. The van der Waals surface area contributed by atoms with Crippen LogP contribution < -0.4 is 5.32 Å². The van der Waals surface area contributed by atoms with Crippen molar-refractivity contribution in [3.05, 3.63) is 51.7 Å². The molecule has 0 aliphatic rings. The number of anilines is 1. The van der Waals surface area contributed by atoms with Gasteiger partial charge in [-0.1, -0.05) is 23.7 Å². The summed E-state index contributed by atoms with van der Waals surface area (Å²) in [5.74, 6) is 0.261. The molecule has 0 radical (unpaired) electrons. The Morgan fingerprint density at radius 1 is 1.39 bits per heavy atom. The Kier molecular flexibility index (Phi) is 4.09. The second-order valence-electron chi connectivity index (χ2n) is 3.96. The number of rotatable bonds is 3. The molecule has 0 fully saturated rings. The van der Waals surface area contributed by atoms with Crippen LogP contribution in [0.5, 0.6) is 5.75 Å². The molecule has 2 rings (SSSR count). The average molecular weight is 328 g/mol. The van der Waals surface area contributed by atoms with Crippen molar-refractivity contribution in [1.82, 2.24) is 4.98 Å². The molecule has 1 atom stereocenters. The molecule has 3 nitrogen and oxygen atoms in total. The number of halogens is 2. The maximum Gasteiger partial charge on any atom is 0.143 e. The zero-order chi connectivity index (χ0) is 13.1. The lowest BCUT2D eigenvalue weighted by molar-refractivity contribution is 0.474. The van der Waals surface area contributed by atoms with Gasteiger partial charge in [0.05, 0.1) is 16.4 Å². The fourth-order valence-electron chi connectivity index (χ4n) is 1.63. The highest BCUT2D eigenvalue weighted by Crippen LogP contribution is 2.26. The van der Waals surface area contributed by atoms with Crippen LogP contribution in [0.3, 0.4) is 0 Å². The molecule has 2 aromatic rings. The summed E-state index contributed by atoms with van der Waals surface area (Å²) in [6.07, 6.45) is 1.67. The van der Waals surface area contributed by atoms with Gasteiger partial charge in [0.1, 0.15) is 10.9 Å². The van der Waals surface area contributed by atoms with Crippen molar-refractivity contribution < 1.29 is 5.11 Å². The number of aromatic hydroxyl groups is 1. The Hall–Kier alpha value is -1.26. The van der Waals surface area contributed by atoms with Gasteiger partial charge < -0.3 is 10.4 Å². The molecule has 0 amide bonds. The SMILES string of the molecule is CC(Nc1cnc(Cl)c(Br)c1)c1cccc(O)c1. The van der Waals surface area contributed by atoms with Crippen molar-refractivity contribution in [3.63, 3.8) is 0 Å². The normalized spacial score (nSPS) is 12.2. The molecule has 0 saturated carbocycles. The molecule has 0 spiro atoms. The van der Waals surface area contributed by atoms with E-state index in [9.17, 15) is 5.11 Å². The van der Waals surface area contributed by atoms with Crippen molar-refractivity contribution in [2.45, 2.75) is 13.0 Å². The maximum atomic E-state index is 9.44. The van der Waals surface area contributed by atoms with E-state index in [1.807, 2.05) is 25.1 Å². The third-order valence-electron chi connectivity index (χ3n) is 2.55. The molecule has 0 aliphatic carbocycles. The maximum absolute atomic E-state index is 9.44. The molecule has 5 heteroatoms. The van der Waals surface area contributed by atoms with E-state index in [1.165, 1.54) is 0 Å². The number of phenolic OH excluding ortho intramolecular Hbond substituents is 1. The third-order valence-corrected chi connectivity index (χ3v) is 3.68. The summed E-state index contributed by atoms with van der Waals surface area (Å²) < 4.78 is 0.747. The Morgan fingerprint density at radius 2 is 2.17 bits per heavy atom. The zero-order valence-corrected chi connectivity index (χ0v) is 12.0. The Labute approximate surface area is 119 Å². The highest BCUT2D eigenvalue weighted by atomic mass is 79.9. The molecule has 1 heterocycles. The van der Waals surface area contributed by atoms with Crippen molar-refractivity contribution >= 4 is 33.2 Å². The van der Waals surface area contributed by atoms with Gasteiger partial charge in [-0.3, -0.25) is 0 Å². The predicted molar refractivity (Wildman–Crippen MR) is 77.1 cm³/mol. The number of nitrogens with zero attached hydrogens (tertiary/aromatic N) is 1. The lowest BCUT2D eigenvalue weighted by Gasteiger charge is -2.16. The van der Waals surface area contributed by atoms with Crippen molar-refractivity contribution in [3.8, 4) is 5.75 Å². The predicted octanol–water partition coefficient (Wildman–Crippen LogP) is 4.38. The second kappa shape index (κ2) is 5.59. The number of hydrogen-bond donors (Lipinski definition) is 2. The molecule has 2 N–H and O–H groups in total. The number of hydrogen-bond acceptors (Lipinski definition) is 3. The summed E-state index contributed by atoms with van der Waals surface area (Å²) in [5.41, 5.74) is 1.86. The van der Waals surface area contributed by atoms with E-state index in [-0.39, 0.29) is 11.8 Å². The van der Waals surface area contributed by atoms with E-state index in [0.29, 0.717) is 5.15 Å². The Morgan fingerprint density at radius 3 is 2.83 bits per heavy atom. The summed E-state index contributed by atoms with van der Waals surface area (Å²) in [6.45, 7) is 2.01. The van der Waals surface area contributed by atoms with Crippen LogP contribution in [0.1, 0.15) is 18.5 Å². The zero-order valence-electron chi connectivity index (χ0n) is 9.69. The van der Waals surface area contributed by atoms with Gasteiger partial charge in [-0.2, -0.15) is 0 Å². The lowest BCUT2D eigenvalue weighted by Crippen LogP contribution is -2.06. The first-order valence-corrected chi connectivity index (χ1v) is 6.60. The summed E-state index contributed by atoms with van der Waals surface area (Å²) in [7, 11) is 0. The lowest BCUT2D eigenvalue weighted by atomic mass is 10.1. The minimum atomic E-state index is 0.0620. The number of benzene rings is 1. The minimum absolute atomic E-state index is 0.0620. The first-order valence-electron chi connectivity index (χ1n) is 5.43. The molecule has 0 bridgehead atoms. The van der Waals surface area contributed by atoms with Crippen molar-refractivity contribution in [2.75, 3.05) is 5.32 Å². The average Bonchev–Trinajstić information content (AvgIpc) is 2.34. The van der Waals surface area contributed by atoms with Gasteiger partial charge in [-0.05, 0) is 46.6 Å². The van der Waals surface area contributed by atoms with Crippen LogP contribution in [0.4, 0.5) is 5.69 Å². The molecular weight excluding hydrogens is 316 g/mol. The smallest absolute Gasteiger partial charge is 0.143 e. The fourth-order valence-corrected chi connectivity index (χ4v) is 2.08. The molecule has 1 aromatic heterocycles.